The molecule has 0 radical (unpaired) electrons. The van der Waals surface area contributed by atoms with Crippen LogP contribution in [0.4, 0.5) is 14.8 Å². The third kappa shape index (κ3) is 3.19. The van der Waals surface area contributed by atoms with E-state index in [0.717, 1.165) is 19.8 Å². The van der Waals surface area contributed by atoms with E-state index in [1.54, 1.807) is 4.90 Å². The van der Waals surface area contributed by atoms with Crippen LogP contribution in [0.2, 0.25) is 0 Å². The molecule has 0 atom stereocenters. The van der Waals surface area contributed by atoms with Crippen molar-refractivity contribution in [1.29, 1.82) is 0 Å². The standard InChI is InChI=1S/C11H18F2N4O2/c1-11(12,13)9-14-10(19-15-9)17-5-3-8(4-6-17)16(2)7-18/h8,18H,3-7H2,1-2H3. The van der Waals surface area contributed by atoms with Crippen molar-refractivity contribution >= 4 is 6.01 Å². The molecule has 108 valence electrons. The summed E-state index contributed by atoms with van der Waals surface area (Å²) in [5, 5.41) is 12.4. The van der Waals surface area contributed by atoms with E-state index in [9.17, 15) is 8.78 Å². The summed E-state index contributed by atoms with van der Waals surface area (Å²) in [5.41, 5.74) is 0. The number of aliphatic hydroxyl groups is 1. The summed E-state index contributed by atoms with van der Waals surface area (Å²) in [6.07, 6.45) is 1.63. The summed E-state index contributed by atoms with van der Waals surface area (Å²) < 4.78 is 30.9. The highest BCUT2D eigenvalue weighted by Gasteiger charge is 2.33. The summed E-state index contributed by atoms with van der Waals surface area (Å²) in [5.74, 6) is -3.67. The van der Waals surface area contributed by atoms with Crippen LogP contribution in [-0.2, 0) is 5.92 Å². The van der Waals surface area contributed by atoms with E-state index >= 15 is 0 Å². The number of aliphatic hydroxyl groups excluding tert-OH is 1. The number of piperidine rings is 1. The Morgan fingerprint density at radius 3 is 2.58 bits per heavy atom. The van der Waals surface area contributed by atoms with Gasteiger partial charge in [0.15, 0.2) is 0 Å². The average Bonchev–Trinajstić information content (AvgIpc) is 2.87. The van der Waals surface area contributed by atoms with E-state index in [4.69, 9.17) is 9.63 Å². The number of alkyl halides is 2. The Kier molecular flexibility index (Phi) is 4.00. The van der Waals surface area contributed by atoms with E-state index in [-0.39, 0.29) is 18.8 Å². The van der Waals surface area contributed by atoms with Crippen molar-refractivity contribution in [2.24, 2.45) is 0 Å². The smallest absolute Gasteiger partial charge is 0.324 e. The molecule has 1 fully saturated rings. The third-order valence-electron chi connectivity index (χ3n) is 3.39. The van der Waals surface area contributed by atoms with Gasteiger partial charge in [0, 0.05) is 26.1 Å². The van der Waals surface area contributed by atoms with Crippen molar-refractivity contribution in [2.75, 3.05) is 31.8 Å². The normalized spacial score (nSPS) is 18.3. The molecule has 0 spiro atoms. The summed E-state index contributed by atoms with van der Waals surface area (Å²) in [4.78, 5) is 7.38. The van der Waals surface area contributed by atoms with E-state index in [1.807, 2.05) is 11.9 Å². The predicted molar refractivity (Wildman–Crippen MR) is 63.9 cm³/mol. The Hall–Kier alpha value is -1.28. The minimum absolute atomic E-state index is 0.0113. The molecule has 1 aromatic rings. The van der Waals surface area contributed by atoms with Gasteiger partial charge in [0.05, 0.1) is 6.73 Å². The first-order valence-electron chi connectivity index (χ1n) is 6.20. The monoisotopic (exact) mass is 276 g/mol. The Morgan fingerprint density at radius 1 is 1.47 bits per heavy atom. The fourth-order valence-electron chi connectivity index (χ4n) is 2.14. The van der Waals surface area contributed by atoms with Crippen LogP contribution in [0.25, 0.3) is 0 Å². The van der Waals surface area contributed by atoms with Crippen molar-refractivity contribution in [2.45, 2.75) is 31.7 Å². The number of anilines is 1. The van der Waals surface area contributed by atoms with E-state index < -0.39 is 11.7 Å². The molecule has 0 aliphatic carbocycles. The first-order valence-corrected chi connectivity index (χ1v) is 6.20. The summed E-state index contributed by atoms with van der Waals surface area (Å²) >= 11 is 0. The van der Waals surface area contributed by atoms with E-state index in [1.165, 1.54) is 0 Å². The van der Waals surface area contributed by atoms with Gasteiger partial charge in [0.25, 0.3) is 0 Å². The van der Waals surface area contributed by atoms with Gasteiger partial charge in [-0.3, -0.25) is 4.90 Å². The van der Waals surface area contributed by atoms with Gasteiger partial charge in [-0.2, -0.15) is 13.8 Å². The van der Waals surface area contributed by atoms with Gasteiger partial charge in [0.1, 0.15) is 0 Å². The largest absolute Gasteiger partial charge is 0.381 e. The Bertz CT molecular complexity index is 413. The first-order chi connectivity index (χ1) is 8.91. The molecule has 0 aromatic carbocycles. The fraction of sp³-hybridized carbons (Fsp3) is 0.818. The molecule has 6 nitrogen and oxygen atoms in total. The van der Waals surface area contributed by atoms with Gasteiger partial charge in [-0.25, -0.2) is 0 Å². The second-order valence-corrected chi connectivity index (χ2v) is 4.91. The molecule has 2 heterocycles. The van der Waals surface area contributed by atoms with Crippen LogP contribution in [0, 0.1) is 0 Å². The second kappa shape index (κ2) is 5.38. The number of nitrogens with zero attached hydrogens (tertiary/aromatic N) is 4. The minimum Gasteiger partial charge on any atom is -0.381 e. The van der Waals surface area contributed by atoms with Crippen molar-refractivity contribution in [1.82, 2.24) is 15.0 Å². The van der Waals surface area contributed by atoms with Crippen LogP contribution >= 0.6 is 0 Å². The van der Waals surface area contributed by atoms with Gasteiger partial charge >= 0.3 is 11.9 Å². The zero-order valence-corrected chi connectivity index (χ0v) is 11.0. The fourth-order valence-corrected chi connectivity index (χ4v) is 2.14. The molecule has 1 aliphatic heterocycles. The number of rotatable bonds is 4. The zero-order chi connectivity index (χ0) is 14.0. The topological polar surface area (TPSA) is 65.6 Å². The number of aromatic nitrogens is 2. The highest BCUT2D eigenvalue weighted by atomic mass is 19.3. The van der Waals surface area contributed by atoms with Crippen molar-refractivity contribution in [3.8, 4) is 0 Å². The van der Waals surface area contributed by atoms with Crippen molar-refractivity contribution in [3.05, 3.63) is 5.82 Å². The molecule has 0 saturated carbocycles. The minimum atomic E-state index is -3.09. The lowest BCUT2D eigenvalue weighted by molar-refractivity contribution is 0.00559. The van der Waals surface area contributed by atoms with Crippen LogP contribution in [0.3, 0.4) is 0 Å². The molecule has 0 amide bonds. The number of hydrogen-bond donors (Lipinski definition) is 1. The van der Waals surface area contributed by atoms with Gasteiger partial charge in [-0.15, -0.1) is 0 Å². The van der Waals surface area contributed by atoms with Gasteiger partial charge in [-0.05, 0) is 19.9 Å². The van der Waals surface area contributed by atoms with Gasteiger partial charge in [-0.1, -0.05) is 5.16 Å². The lowest BCUT2D eigenvalue weighted by Gasteiger charge is -2.34. The molecule has 2 rings (SSSR count). The van der Waals surface area contributed by atoms with Crippen LogP contribution in [0.15, 0.2) is 4.52 Å². The molecule has 1 aliphatic rings. The van der Waals surface area contributed by atoms with Crippen molar-refractivity contribution < 1.29 is 18.4 Å². The first kappa shape index (κ1) is 14.1. The molecule has 1 saturated heterocycles. The summed E-state index contributed by atoms with van der Waals surface area (Å²) in [6.45, 7) is 2.04. The van der Waals surface area contributed by atoms with E-state index in [0.29, 0.717) is 13.1 Å². The molecule has 1 aromatic heterocycles. The van der Waals surface area contributed by atoms with Crippen LogP contribution in [-0.4, -0.2) is 53.1 Å². The predicted octanol–water partition coefficient (Wildman–Crippen LogP) is 1.03. The summed E-state index contributed by atoms with van der Waals surface area (Å²) in [7, 11) is 1.85. The highest BCUT2D eigenvalue weighted by Crippen LogP contribution is 2.27. The maximum atomic E-state index is 13.0. The quantitative estimate of drug-likeness (QED) is 0.829. The highest BCUT2D eigenvalue weighted by molar-refractivity contribution is 5.26. The number of hydrogen-bond acceptors (Lipinski definition) is 6. The molecule has 0 bridgehead atoms. The number of halogens is 2. The second-order valence-electron chi connectivity index (χ2n) is 4.91. The Balaban J connectivity index is 1.96. The third-order valence-corrected chi connectivity index (χ3v) is 3.39. The Morgan fingerprint density at radius 2 is 2.11 bits per heavy atom. The van der Waals surface area contributed by atoms with Gasteiger partial charge in [0.2, 0.25) is 5.82 Å². The molecular formula is C11H18F2N4O2. The molecular weight excluding hydrogens is 258 g/mol. The van der Waals surface area contributed by atoms with E-state index in [2.05, 4.69) is 10.1 Å². The van der Waals surface area contributed by atoms with Crippen molar-refractivity contribution in [3.63, 3.8) is 0 Å². The van der Waals surface area contributed by atoms with Crippen LogP contribution < -0.4 is 4.90 Å². The molecule has 8 heteroatoms. The lowest BCUT2D eigenvalue weighted by atomic mass is 10.0. The van der Waals surface area contributed by atoms with Crippen LogP contribution in [0.1, 0.15) is 25.6 Å². The molecule has 19 heavy (non-hydrogen) atoms. The maximum Gasteiger partial charge on any atom is 0.324 e. The Labute approximate surface area is 110 Å². The zero-order valence-electron chi connectivity index (χ0n) is 11.0. The van der Waals surface area contributed by atoms with Crippen LogP contribution in [0.5, 0.6) is 0 Å². The average molecular weight is 276 g/mol. The van der Waals surface area contributed by atoms with Gasteiger partial charge < -0.3 is 14.5 Å². The SMILES string of the molecule is CN(CO)C1CCN(c2nc(C(C)(F)F)no2)CC1. The maximum absolute atomic E-state index is 13.0. The summed E-state index contributed by atoms with van der Waals surface area (Å²) in [6, 6.07) is 0.429. The lowest BCUT2D eigenvalue weighted by Crippen LogP contribution is -2.43. The molecule has 0 unspecified atom stereocenters. The molecule has 1 N–H and O–H groups in total.